The van der Waals surface area contributed by atoms with Crippen LogP contribution in [0, 0.1) is 5.92 Å². The van der Waals surface area contributed by atoms with E-state index in [2.05, 4.69) is 34.9 Å². The second-order valence-corrected chi connectivity index (χ2v) is 5.26. The van der Waals surface area contributed by atoms with Crippen molar-refractivity contribution in [2.45, 2.75) is 26.2 Å². The SMILES string of the molecule is CC(C)[C@](C)(/C(N)=N\O)c1ccc(Br)cc1. The highest BCUT2D eigenvalue weighted by atomic mass is 79.9. The topological polar surface area (TPSA) is 58.6 Å². The van der Waals surface area contributed by atoms with Gasteiger partial charge in [0.05, 0.1) is 5.41 Å². The van der Waals surface area contributed by atoms with Gasteiger partial charge in [0.25, 0.3) is 0 Å². The van der Waals surface area contributed by atoms with Gasteiger partial charge in [0.15, 0.2) is 0 Å². The first-order valence-electron chi connectivity index (χ1n) is 5.17. The Morgan fingerprint density at radius 1 is 1.38 bits per heavy atom. The normalized spacial score (nSPS) is 16.2. The van der Waals surface area contributed by atoms with Gasteiger partial charge in [0.2, 0.25) is 0 Å². The predicted octanol–water partition coefficient (Wildman–Crippen LogP) is 3.11. The summed E-state index contributed by atoms with van der Waals surface area (Å²) >= 11 is 3.39. The zero-order valence-electron chi connectivity index (χ0n) is 9.74. The summed E-state index contributed by atoms with van der Waals surface area (Å²) in [5.74, 6) is 0.481. The van der Waals surface area contributed by atoms with Crippen molar-refractivity contribution >= 4 is 21.8 Å². The van der Waals surface area contributed by atoms with Crippen LogP contribution in [0.25, 0.3) is 0 Å². The molecule has 1 rings (SSSR count). The minimum atomic E-state index is -0.449. The van der Waals surface area contributed by atoms with Crippen LogP contribution >= 0.6 is 15.9 Å². The zero-order chi connectivity index (χ0) is 12.3. The second-order valence-electron chi connectivity index (χ2n) is 4.35. The van der Waals surface area contributed by atoms with E-state index in [9.17, 15) is 0 Å². The van der Waals surface area contributed by atoms with Gasteiger partial charge in [-0.15, -0.1) is 0 Å². The van der Waals surface area contributed by atoms with Crippen LogP contribution in [-0.2, 0) is 5.41 Å². The van der Waals surface area contributed by atoms with Gasteiger partial charge < -0.3 is 10.9 Å². The molecule has 16 heavy (non-hydrogen) atoms. The van der Waals surface area contributed by atoms with Gasteiger partial charge in [0, 0.05) is 4.47 Å². The van der Waals surface area contributed by atoms with E-state index in [4.69, 9.17) is 10.9 Å². The van der Waals surface area contributed by atoms with E-state index < -0.39 is 5.41 Å². The lowest BCUT2D eigenvalue weighted by Gasteiger charge is -2.32. The molecule has 1 atom stereocenters. The van der Waals surface area contributed by atoms with Crippen molar-refractivity contribution in [3.8, 4) is 0 Å². The molecule has 3 N–H and O–H groups in total. The average Bonchev–Trinajstić information content (AvgIpc) is 2.27. The first-order valence-corrected chi connectivity index (χ1v) is 5.96. The van der Waals surface area contributed by atoms with Crippen LogP contribution in [-0.4, -0.2) is 11.0 Å². The maximum atomic E-state index is 8.89. The number of hydrogen-bond acceptors (Lipinski definition) is 2. The van der Waals surface area contributed by atoms with E-state index in [0.29, 0.717) is 0 Å². The summed E-state index contributed by atoms with van der Waals surface area (Å²) in [6.45, 7) is 6.09. The maximum Gasteiger partial charge on any atom is 0.149 e. The highest BCUT2D eigenvalue weighted by Gasteiger charge is 2.35. The molecule has 0 saturated heterocycles. The summed E-state index contributed by atoms with van der Waals surface area (Å²) < 4.78 is 1.02. The van der Waals surface area contributed by atoms with Gasteiger partial charge in [-0.3, -0.25) is 0 Å². The summed E-state index contributed by atoms with van der Waals surface area (Å²) in [6, 6.07) is 7.89. The maximum absolute atomic E-state index is 8.89. The molecule has 0 aromatic heterocycles. The third kappa shape index (κ3) is 2.21. The van der Waals surface area contributed by atoms with Gasteiger partial charge >= 0.3 is 0 Å². The molecule has 0 aliphatic carbocycles. The van der Waals surface area contributed by atoms with Crippen molar-refractivity contribution < 1.29 is 5.21 Å². The molecule has 0 aliphatic rings. The van der Waals surface area contributed by atoms with E-state index in [-0.39, 0.29) is 11.8 Å². The Hall–Kier alpha value is -1.03. The quantitative estimate of drug-likeness (QED) is 0.388. The Labute approximate surface area is 104 Å². The third-order valence-corrected chi connectivity index (χ3v) is 3.77. The Morgan fingerprint density at radius 3 is 2.25 bits per heavy atom. The number of benzene rings is 1. The lowest BCUT2D eigenvalue weighted by atomic mass is 9.72. The summed E-state index contributed by atoms with van der Waals surface area (Å²) in [7, 11) is 0. The summed E-state index contributed by atoms with van der Waals surface area (Å²) in [6.07, 6.45) is 0. The first kappa shape index (κ1) is 13.0. The molecule has 1 aromatic rings. The van der Waals surface area contributed by atoms with E-state index in [1.807, 2.05) is 31.2 Å². The minimum Gasteiger partial charge on any atom is -0.409 e. The molecule has 0 heterocycles. The lowest BCUT2D eigenvalue weighted by Crippen LogP contribution is -2.43. The number of nitrogens with two attached hydrogens (primary N) is 1. The fourth-order valence-electron chi connectivity index (χ4n) is 1.68. The van der Waals surface area contributed by atoms with Crippen LogP contribution in [0.4, 0.5) is 0 Å². The largest absolute Gasteiger partial charge is 0.409 e. The summed E-state index contributed by atoms with van der Waals surface area (Å²) in [5, 5.41) is 12.1. The fourth-order valence-corrected chi connectivity index (χ4v) is 1.94. The minimum absolute atomic E-state index is 0.240. The van der Waals surface area contributed by atoms with Gasteiger partial charge in [-0.25, -0.2) is 0 Å². The van der Waals surface area contributed by atoms with Crippen molar-refractivity contribution in [3.63, 3.8) is 0 Å². The van der Waals surface area contributed by atoms with E-state index >= 15 is 0 Å². The molecule has 0 amide bonds. The van der Waals surface area contributed by atoms with Crippen molar-refractivity contribution in [3.05, 3.63) is 34.3 Å². The number of rotatable bonds is 3. The van der Waals surface area contributed by atoms with Crippen LogP contribution in [0.1, 0.15) is 26.3 Å². The van der Waals surface area contributed by atoms with Gasteiger partial charge in [-0.2, -0.15) is 0 Å². The third-order valence-electron chi connectivity index (χ3n) is 3.24. The Balaban J connectivity index is 3.27. The molecule has 0 aliphatic heterocycles. The smallest absolute Gasteiger partial charge is 0.149 e. The average molecular weight is 285 g/mol. The molecular formula is C12H17BrN2O. The molecule has 0 fully saturated rings. The number of halogens is 1. The molecular weight excluding hydrogens is 268 g/mol. The first-order chi connectivity index (χ1) is 7.42. The van der Waals surface area contributed by atoms with Crippen molar-refractivity contribution in [2.24, 2.45) is 16.8 Å². The molecule has 0 unspecified atom stereocenters. The van der Waals surface area contributed by atoms with Crippen LogP contribution in [0.5, 0.6) is 0 Å². The van der Waals surface area contributed by atoms with Crippen molar-refractivity contribution in [1.29, 1.82) is 0 Å². The van der Waals surface area contributed by atoms with Crippen molar-refractivity contribution in [1.82, 2.24) is 0 Å². The zero-order valence-corrected chi connectivity index (χ0v) is 11.3. The molecule has 88 valence electrons. The van der Waals surface area contributed by atoms with Crippen LogP contribution in [0.2, 0.25) is 0 Å². The van der Waals surface area contributed by atoms with Crippen LogP contribution in [0.15, 0.2) is 33.9 Å². The van der Waals surface area contributed by atoms with E-state index in [1.54, 1.807) is 0 Å². The van der Waals surface area contributed by atoms with Crippen molar-refractivity contribution in [2.75, 3.05) is 0 Å². The molecule has 0 radical (unpaired) electrons. The second kappa shape index (κ2) is 4.87. The molecule has 4 heteroatoms. The lowest BCUT2D eigenvalue weighted by molar-refractivity contribution is 0.306. The number of amidine groups is 1. The van der Waals surface area contributed by atoms with Crippen LogP contribution < -0.4 is 5.73 Å². The monoisotopic (exact) mass is 284 g/mol. The number of hydrogen-bond donors (Lipinski definition) is 2. The number of nitrogens with zero attached hydrogens (tertiary/aromatic N) is 1. The van der Waals surface area contributed by atoms with E-state index in [1.165, 1.54) is 0 Å². The highest BCUT2D eigenvalue weighted by Crippen LogP contribution is 2.32. The Morgan fingerprint density at radius 2 is 1.88 bits per heavy atom. The Bertz CT molecular complexity index is 387. The molecule has 0 bridgehead atoms. The molecule has 3 nitrogen and oxygen atoms in total. The Kier molecular flexibility index (Phi) is 3.97. The summed E-state index contributed by atoms with van der Waals surface area (Å²) in [4.78, 5) is 0. The van der Waals surface area contributed by atoms with Gasteiger partial charge in [-0.05, 0) is 30.5 Å². The van der Waals surface area contributed by atoms with Crippen LogP contribution in [0.3, 0.4) is 0 Å². The number of oxime groups is 1. The van der Waals surface area contributed by atoms with E-state index in [0.717, 1.165) is 10.0 Å². The molecule has 0 spiro atoms. The predicted molar refractivity (Wildman–Crippen MR) is 69.7 cm³/mol. The van der Waals surface area contributed by atoms with Gasteiger partial charge in [0.1, 0.15) is 5.84 Å². The molecule has 1 aromatic carbocycles. The summed E-state index contributed by atoms with van der Waals surface area (Å²) in [5.41, 5.74) is 6.40. The molecule has 0 saturated carbocycles. The highest BCUT2D eigenvalue weighted by molar-refractivity contribution is 9.10. The fraction of sp³-hybridized carbons (Fsp3) is 0.417. The standard InChI is InChI=1S/C12H17BrN2O/c1-8(2)12(3,11(14)15-16)9-4-6-10(13)7-5-9/h4-8,16H,1-3H3,(H2,14,15)/t12-/m0/s1. The van der Waals surface area contributed by atoms with Gasteiger partial charge in [-0.1, -0.05) is 47.1 Å².